The van der Waals surface area contributed by atoms with Crippen LogP contribution in [-0.2, 0) is 0 Å². The van der Waals surface area contributed by atoms with E-state index < -0.39 is 17.7 Å². The molecule has 0 saturated heterocycles. The van der Waals surface area contributed by atoms with Crippen molar-refractivity contribution in [3.63, 3.8) is 0 Å². The molecule has 0 bridgehead atoms. The Bertz CT molecular complexity index is 654. The van der Waals surface area contributed by atoms with Crippen LogP contribution in [0.2, 0.25) is 0 Å². The van der Waals surface area contributed by atoms with Gasteiger partial charge in [-0.25, -0.2) is 9.79 Å². The van der Waals surface area contributed by atoms with E-state index in [9.17, 15) is 15.0 Å². The highest BCUT2D eigenvalue weighted by atomic mass is 16.7. The number of aromatic nitrogens is 1. The van der Waals surface area contributed by atoms with Crippen LogP contribution in [0.1, 0.15) is 10.4 Å². The summed E-state index contributed by atoms with van der Waals surface area (Å²) < 4.78 is 0.593. The molecule has 8 heteroatoms. The van der Waals surface area contributed by atoms with E-state index in [2.05, 4.69) is 4.99 Å². The Morgan fingerprint density at radius 2 is 1.80 bits per heavy atom. The summed E-state index contributed by atoms with van der Waals surface area (Å²) >= 11 is 0. The number of hydrogen-bond donors (Lipinski definition) is 4. The Balaban J connectivity index is 2.24. The fourth-order valence-electron chi connectivity index (χ4n) is 1.48. The zero-order valence-electron chi connectivity index (χ0n) is 10.2. The maximum Gasteiger partial charge on any atom is 0.364 e. The van der Waals surface area contributed by atoms with Gasteiger partial charge in [-0.2, -0.15) is 0 Å². The Labute approximate surface area is 113 Å². The zero-order chi connectivity index (χ0) is 14.7. The second-order valence-electron chi connectivity index (χ2n) is 3.81. The molecule has 0 amide bonds. The summed E-state index contributed by atoms with van der Waals surface area (Å²) in [6.07, 6.45) is 0. The Morgan fingerprint density at radius 1 is 1.15 bits per heavy atom. The van der Waals surface area contributed by atoms with Crippen molar-refractivity contribution in [2.24, 2.45) is 16.5 Å². The van der Waals surface area contributed by atoms with Gasteiger partial charge >= 0.3 is 5.97 Å². The fourth-order valence-corrected chi connectivity index (χ4v) is 1.48. The van der Waals surface area contributed by atoms with Crippen molar-refractivity contribution in [1.82, 2.24) is 4.73 Å². The van der Waals surface area contributed by atoms with Crippen molar-refractivity contribution in [1.29, 1.82) is 0 Å². The number of nitrogens with zero attached hydrogens (tertiary/aromatic N) is 2. The predicted molar refractivity (Wildman–Crippen MR) is 70.6 cm³/mol. The van der Waals surface area contributed by atoms with Gasteiger partial charge in [0.15, 0.2) is 5.96 Å². The summed E-state index contributed by atoms with van der Waals surface area (Å²) in [6, 6.07) is 8.40. The minimum absolute atomic E-state index is 0.142. The van der Waals surface area contributed by atoms with Crippen LogP contribution in [0.15, 0.2) is 41.4 Å². The summed E-state index contributed by atoms with van der Waals surface area (Å²) in [5.41, 5.74) is 11.0. The molecule has 2 aromatic rings. The van der Waals surface area contributed by atoms with Crippen molar-refractivity contribution >= 4 is 17.6 Å². The number of nitrogens with two attached hydrogens (primary N) is 2. The van der Waals surface area contributed by atoms with Crippen LogP contribution >= 0.6 is 0 Å². The molecule has 0 unspecified atom stereocenters. The van der Waals surface area contributed by atoms with Gasteiger partial charge in [0, 0.05) is 12.1 Å². The quantitative estimate of drug-likeness (QED) is 0.462. The number of benzene rings is 1. The third kappa shape index (κ3) is 2.80. The molecule has 0 radical (unpaired) electrons. The lowest BCUT2D eigenvalue weighted by Gasteiger charge is -2.07. The number of hydrogen-bond acceptors (Lipinski definition) is 5. The first-order valence-electron chi connectivity index (χ1n) is 5.49. The molecule has 0 saturated carbocycles. The summed E-state index contributed by atoms with van der Waals surface area (Å²) in [5.74, 6) is -1.75. The van der Waals surface area contributed by atoms with E-state index in [1.165, 1.54) is 24.3 Å². The van der Waals surface area contributed by atoms with Gasteiger partial charge in [0.1, 0.15) is 0 Å². The summed E-state index contributed by atoms with van der Waals surface area (Å²) in [6.45, 7) is 0. The largest absolute Gasteiger partial charge is 0.492 e. The molecule has 0 atom stereocenters. The molecule has 1 heterocycles. The monoisotopic (exact) mass is 276 g/mol. The van der Waals surface area contributed by atoms with E-state index in [-0.39, 0.29) is 11.5 Å². The molecule has 1 aromatic heterocycles. The van der Waals surface area contributed by atoms with Crippen molar-refractivity contribution < 1.29 is 19.8 Å². The van der Waals surface area contributed by atoms with Crippen LogP contribution in [0.5, 0.6) is 11.8 Å². The Kier molecular flexibility index (Phi) is 3.47. The Morgan fingerprint density at radius 3 is 2.40 bits per heavy atom. The number of guanidine groups is 1. The highest BCUT2D eigenvalue weighted by molar-refractivity contribution is 5.91. The number of aliphatic imine (C=N–C) groups is 1. The highest BCUT2D eigenvalue weighted by Crippen LogP contribution is 2.20. The highest BCUT2D eigenvalue weighted by Gasteiger charge is 2.14. The first-order valence-corrected chi connectivity index (χ1v) is 5.49. The molecule has 1 aromatic carbocycles. The molecular weight excluding hydrogens is 264 g/mol. The predicted octanol–water partition coefficient (Wildman–Crippen LogP) is 0.0732. The van der Waals surface area contributed by atoms with Crippen LogP contribution in [0.3, 0.4) is 0 Å². The molecule has 0 aliphatic rings. The van der Waals surface area contributed by atoms with E-state index in [0.29, 0.717) is 10.4 Å². The molecule has 0 aliphatic carbocycles. The van der Waals surface area contributed by atoms with Crippen LogP contribution in [0.4, 0.5) is 5.69 Å². The fraction of sp³-hybridized carbons (Fsp3) is 0. The minimum Gasteiger partial charge on any atom is -0.492 e. The summed E-state index contributed by atoms with van der Waals surface area (Å²) in [4.78, 5) is 20.5. The molecule has 6 N–H and O–H groups in total. The van der Waals surface area contributed by atoms with Gasteiger partial charge < -0.3 is 26.5 Å². The van der Waals surface area contributed by atoms with Crippen LogP contribution in [0.25, 0.3) is 0 Å². The molecule has 0 aliphatic heterocycles. The molecule has 104 valence electrons. The standard InChI is InChI=1S/C12H12N4O4/c13-12(14)15-8-3-1-2-7(6-8)11(19)20-16-9(17)4-5-10(16)18/h1-6,17-18H,(H4,13,14,15). The number of rotatable bonds is 3. The zero-order valence-corrected chi connectivity index (χ0v) is 10.2. The average Bonchev–Trinajstić information content (AvgIpc) is 2.70. The molecule has 20 heavy (non-hydrogen) atoms. The maximum atomic E-state index is 11.9. The van der Waals surface area contributed by atoms with Gasteiger partial charge in [0.2, 0.25) is 11.8 Å². The van der Waals surface area contributed by atoms with Crippen molar-refractivity contribution in [3.8, 4) is 11.8 Å². The lowest BCUT2D eigenvalue weighted by molar-refractivity contribution is 0.0382. The topological polar surface area (TPSA) is 136 Å². The lowest BCUT2D eigenvalue weighted by Crippen LogP contribution is -2.22. The lowest BCUT2D eigenvalue weighted by atomic mass is 10.2. The van der Waals surface area contributed by atoms with Gasteiger partial charge in [-0.15, -0.1) is 4.73 Å². The molecule has 8 nitrogen and oxygen atoms in total. The third-order valence-electron chi connectivity index (χ3n) is 2.31. The van der Waals surface area contributed by atoms with E-state index in [1.807, 2.05) is 0 Å². The normalized spacial score (nSPS) is 10.0. The van der Waals surface area contributed by atoms with E-state index in [0.717, 1.165) is 0 Å². The molecule has 2 rings (SSSR count). The average molecular weight is 276 g/mol. The minimum atomic E-state index is -0.792. The van der Waals surface area contributed by atoms with Crippen molar-refractivity contribution in [3.05, 3.63) is 42.0 Å². The molecule has 0 fully saturated rings. The first kappa shape index (κ1) is 13.3. The van der Waals surface area contributed by atoms with Gasteiger partial charge in [0.05, 0.1) is 11.3 Å². The maximum absolute atomic E-state index is 11.9. The number of aromatic hydroxyl groups is 2. The van der Waals surface area contributed by atoms with Crippen LogP contribution < -0.4 is 16.3 Å². The van der Waals surface area contributed by atoms with Crippen molar-refractivity contribution in [2.45, 2.75) is 0 Å². The van der Waals surface area contributed by atoms with Gasteiger partial charge in [-0.3, -0.25) is 0 Å². The van der Waals surface area contributed by atoms with Crippen LogP contribution in [0, 0.1) is 0 Å². The first-order chi connectivity index (χ1) is 9.47. The summed E-state index contributed by atoms with van der Waals surface area (Å²) in [7, 11) is 0. The van der Waals surface area contributed by atoms with E-state index >= 15 is 0 Å². The van der Waals surface area contributed by atoms with Crippen molar-refractivity contribution in [2.75, 3.05) is 0 Å². The number of carbonyl (C=O) groups excluding carboxylic acids is 1. The molecular formula is C12H12N4O4. The number of carbonyl (C=O) groups is 1. The van der Waals surface area contributed by atoms with Gasteiger partial charge in [-0.05, 0) is 18.2 Å². The third-order valence-corrected chi connectivity index (χ3v) is 2.31. The smallest absolute Gasteiger partial charge is 0.364 e. The van der Waals surface area contributed by atoms with E-state index in [1.54, 1.807) is 12.1 Å². The van der Waals surface area contributed by atoms with Gasteiger partial charge in [-0.1, -0.05) is 6.07 Å². The van der Waals surface area contributed by atoms with Gasteiger partial charge in [0.25, 0.3) is 0 Å². The second-order valence-corrected chi connectivity index (χ2v) is 3.81. The van der Waals surface area contributed by atoms with Crippen LogP contribution in [-0.4, -0.2) is 26.9 Å². The second kappa shape index (κ2) is 5.22. The molecule has 0 spiro atoms. The van der Waals surface area contributed by atoms with E-state index in [4.69, 9.17) is 16.3 Å². The summed E-state index contributed by atoms with van der Waals surface area (Å²) in [5, 5.41) is 18.7. The Hall–Kier alpha value is -3.16. The SMILES string of the molecule is NC(N)=Nc1cccc(C(=O)On2c(O)ccc2O)c1.